The molecule has 0 saturated carbocycles. The highest BCUT2D eigenvalue weighted by molar-refractivity contribution is 7.84. The molecule has 122 valence electrons. The fraction of sp³-hybridized carbons (Fsp3) is 0.250. The number of hydrogen-bond donors (Lipinski definition) is 1. The van der Waals surface area contributed by atoms with Gasteiger partial charge in [0.05, 0.1) is 19.6 Å². The molecule has 0 bridgehead atoms. The number of esters is 1. The summed E-state index contributed by atoms with van der Waals surface area (Å²) < 4.78 is 16.1. The van der Waals surface area contributed by atoms with Crippen LogP contribution in [0.4, 0.5) is 0 Å². The van der Waals surface area contributed by atoms with Crippen LogP contribution in [0.1, 0.15) is 27.7 Å². The number of ether oxygens (including phenoxy) is 1. The summed E-state index contributed by atoms with van der Waals surface area (Å²) in [6, 6.07) is 9.85. The van der Waals surface area contributed by atoms with Gasteiger partial charge in [-0.1, -0.05) is 6.07 Å². The maximum absolute atomic E-state index is 12.4. The van der Waals surface area contributed by atoms with E-state index in [2.05, 4.69) is 10.1 Å². The Morgan fingerprint density at radius 3 is 2.48 bits per heavy atom. The quantitative estimate of drug-likeness (QED) is 0.812. The first kappa shape index (κ1) is 17.4. The molecule has 7 heteroatoms. The Labute approximate surface area is 141 Å². The maximum Gasteiger partial charge on any atom is 0.307 e. The Bertz CT molecular complexity index is 695. The number of benzene rings is 1. The first-order valence-corrected chi connectivity index (χ1v) is 9.29. The highest BCUT2D eigenvalue weighted by Crippen LogP contribution is 2.23. The van der Waals surface area contributed by atoms with Crippen LogP contribution in [-0.4, -0.2) is 29.5 Å². The van der Waals surface area contributed by atoms with Crippen LogP contribution in [0.2, 0.25) is 0 Å². The molecule has 0 fully saturated rings. The Morgan fingerprint density at radius 2 is 1.96 bits per heavy atom. The van der Waals surface area contributed by atoms with Crippen molar-refractivity contribution in [2.75, 3.05) is 13.4 Å². The zero-order valence-corrected chi connectivity index (χ0v) is 14.4. The third-order valence-corrected chi connectivity index (χ3v) is 5.16. The summed E-state index contributed by atoms with van der Waals surface area (Å²) in [6.07, 6.45) is 1.65. The van der Waals surface area contributed by atoms with Gasteiger partial charge in [-0.2, -0.15) is 0 Å². The van der Waals surface area contributed by atoms with E-state index in [1.165, 1.54) is 18.4 Å². The Balaban J connectivity index is 2.13. The summed E-state index contributed by atoms with van der Waals surface area (Å²) in [5, 5.41) is 4.73. The highest BCUT2D eigenvalue weighted by Gasteiger charge is 2.20. The van der Waals surface area contributed by atoms with Crippen LogP contribution in [-0.2, 0) is 20.3 Å². The topological polar surface area (TPSA) is 72.5 Å². The first-order valence-electron chi connectivity index (χ1n) is 6.86. The van der Waals surface area contributed by atoms with E-state index in [-0.39, 0.29) is 18.3 Å². The normalized spacial score (nSPS) is 13.1. The number of amides is 1. The van der Waals surface area contributed by atoms with Crippen LogP contribution >= 0.6 is 11.3 Å². The fourth-order valence-electron chi connectivity index (χ4n) is 2.00. The van der Waals surface area contributed by atoms with Gasteiger partial charge in [-0.05, 0) is 35.7 Å². The number of carbonyl (C=O) groups is 2. The minimum Gasteiger partial charge on any atom is -0.469 e. The van der Waals surface area contributed by atoms with Gasteiger partial charge < -0.3 is 10.1 Å². The zero-order chi connectivity index (χ0) is 16.8. The van der Waals surface area contributed by atoms with E-state index in [1.54, 1.807) is 30.5 Å². The highest BCUT2D eigenvalue weighted by atomic mass is 32.2. The lowest BCUT2D eigenvalue weighted by atomic mass is 10.1. The molecule has 2 rings (SSSR count). The van der Waals surface area contributed by atoms with E-state index in [4.69, 9.17) is 0 Å². The molecule has 0 radical (unpaired) electrons. The molecule has 1 heterocycles. The maximum atomic E-state index is 12.4. The van der Waals surface area contributed by atoms with Gasteiger partial charge in [-0.25, -0.2) is 0 Å². The number of hydrogen-bond acceptors (Lipinski definition) is 5. The van der Waals surface area contributed by atoms with Crippen LogP contribution in [0, 0.1) is 0 Å². The predicted molar refractivity (Wildman–Crippen MR) is 89.9 cm³/mol. The van der Waals surface area contributed by atoms with Crippen molar-refractivity contribution in [1.29, 1.82) is 0 Å². The monoisotopic (exact) mass is 351 g/mol. The van der Waals surface area contributed by atoms with Crippen molar-refractivity contribution in [1.82, 2.24) is 5.32 Å². The number of thiophene rings is 1. The lowest BCUT2D eigenvalue weighted by molar-refractivity contribution is -0.141. The summed E-state index contributed by atoms with van der Waals surface area (Å²) in [5.41, 5.74) is 0.450. The van der Waals surface area contributed by atoms with Gasteiger partial charge in [0.1, 0.15) is 0 Å². The summed E-state index contributed by atoms with van der Waals surface area (Å²) in [5.74, 6) is -0.679. The molecule has 1 aromatic carbocycles. The number of rotatable bonds is 6. The lowest BCUT2D eigenvalue weighted by Gasteiger charge is -2.16. The van der Waals surface area contributed by atoms with E-state index in [1.807, 2.05) is 17.5 Å². The third-order valence-electron chi connectivity index (χ3n) is 3.24. The molecule has 1 amide bonds. The van der Waals surface area contributed by atoms with Crippen molar-refractivity contribution in [2.45, 2.75) is 17.4 Å². The predicted octanol–water partition coefficient (Wildman–Crippen LogP) is 2.52. The van der Waals surface area contributed by atoms with Crippen LogP contribution in [0.25, 0.3) is 0 Å². The molecule has 0 aliphatic carbocycles. The van der Waals surface area contributed by atoms with Crippen molar-refractivity contribution in [2.24, 2.45) is 0 Å². The van der Waals surface area contributed by atoms with Crippen LogP contribution in [0.15, 0.2) is 46.7 Å². The molecule has 1 N–H and O–H groups in total. The molecule has 23 heavy (non-hydrogen) atoms. The van der Waals surface area contributed by atoms with Crippen molar-refractivity contribution in [3.05, 3.63) is 52.2 Å². The van der Waals surface area contributed by atoms with Crippen LogP contribution in [0.5, 0.6) is 0 Å². The molecule has 5 nitrogen and oxygen atoms in total. The number of methoxy groups -OCH3 is 1. The van der Waals surface area contributed by atoms with Gasteiger partial charge in [0.25, 0.3) is 5.91 Å². The molecule has 0 aliphatic heterocycles. The second kappa shape index (κ2) is 8.03. The van der Waals surface area contributed by atoms with E-state index < -0.39 is 16.8 Å². The Morgan fingerprint density at radius 1 is 1.26 bits per heavy atom. The van der Waals surface area contributed by atoms with E-state index in [9.17, 15) is 13.8 Å². The van der Waals surface area contributed by atoms with Gasteiger partial charge in [0, 0.05) is 32.4 Å². The lowest BCUT2D eigenvalue weighted by Crippen LogP contribution is -2.30. The minimum absolute atomic E-state index is 0.0693. The summed E-state index contributed by atoms with van der Waals surface area (Å²) in [4.78, 5) is 25.5. The van der Waals surface area contributed by atoms with E-state index in [0.717, 1.165) is 4.88 Å². The molecule has 2 unspecified atom stereocenters. The number of nitrogens with one attached hydrogen (secondary N) is 1. The molecular weight excluding hydrogens is 334 g/mol. The first-order chi connectivity index (χ1) is 11.0. The standard InChI is InChI=1S/C16H17NO4S2/c1-21-15(18)10-13(14-4-3-9-22-14)17-16(19)11-5-7-12(8-6-11)23(2)20/h3-9,13H,10H2,1-2H3,(H,17,19). The molecule has 0 spiro atoms. The van der Waals surface area contributed by atoms with Crippen molar-refractivity contribution in [3.8, 4) is 0 Å². The second-order valence-corrected chi connectivity index (χ2v) is 7.16. The molecule has 1 aromatic heterocycles. The van der Waals surface area contributed by atoms with Crippen molar-refractivity contribution < 1.29 is 18.5 Å². The smallest absolute Gasteiger partial charge is 0.307 e. The molecule has 2 atom stereocenters. The van der Waals surface area contributed by atoms with E-state index in [0.29, 0.717) is 10.5 Å². The van der Waals surface area contributed by atoms with Crippen LogP contribution < -0.4 is 5.32 Å². The largest absolute Gasteiger partial charge is 0.469 e. The van der Waals surface area contributed by atoms with Gasteiger partial charge in [0.2, 0.25) is 0 Å². The van der Waals surface area contributed by atoms with Crippen molar-refractivity contribution in [3.63, 3.8) is 0 Å². The summed E-state index contributed by atoms with van der Waals surface area (Å²) in [7, 11) is 0.233. The average molecular weight is 351 g/mol. The van der Waals surface area contributed by atoms with Crippen LogP contribution in [0.3, 0.4) is 0 Å². The van der Waals surface area contributed by atoms with E-state index >= 15 is 0 Å². The fourth-order valence-corrected chi connectivity index (χ4v) is 3.30. The summed E-state index contributed by atoms with van der Waals surface area (Å²) in [6.45, 7) is 0. The molecule has 0 saturated heterocycles. The molecular formula is C16H17NO4S2. The van der Waals surface area contributed by atoms with Crippen molar-refractivity contribution >= 4 is 34.0 Å². The number of carbonyl (C=O) groups excluding carboxylic acids is 2. The average Bonchev–Trinajstić information content (AvgIpc) is 3.08. The Kier molecular flexibility index (Phi) is 6.06. The molecule has 2 aromatic rings. The molecule has 0 aliphatic rings. The second-order valence-electron chi connectivity index (χ2n) is 4.80. The Hall–Kier alpha value is -1.99. The van der Waals surface area contributed by atoms with Gasteiger partial charge >= 0.3 is 5.97 Å². The summed E-state index contributed by atoms with van der Waals surface area (Å²) >= 11 is 1.46. The van der Waals surface area contributed by atoms with Gasteiger partial charge in [-0.3, -0.25) is 13.8 Å². The zero-order valence-electron chi connectivity index (χ0n) is 12.8. The third kappa shape index (κ3) is 4.74. The van der Waals surface area contributed by atoms with Gasteiger partial charge in [-0.15, -0.1) is 11.3 Å². The SMILES string of the molecule is COC(=O)CC(NC(=O)c1ccc(S(C)=O)cc1)c1cccs1. The van der Waals surface area contributed by atoms with Gasteiger partial charge in [0.15, 0.2) is 0 Å². The minimum atomic E-state index is -1.09.